The summed E-state index contributed by atoms with van der Waals surface area (Å²) in [5, 5.41) is 17.1. The number of hydrogen-bond donors (Lipinski definition) is 2. The molecule has 0 saturated heterocycles. The van der Waals surface area contributed by atoms with Crippen molar-refractivity contribution in [1.29, 1.82) is 0 Å². The second-order valence-electron chi connectivity index (χ2n) is 3.81. The molecule has 1 atom stereocenters. The fourth-order valence-corrected chi connectivity index (χ4v) is 2.54. The summed E-state index contributed by atoms with van der Waals surface area (Å²) >= 11 is 1.17. The Morgan fingerprint density at radius 1 is 1.80 bits per heavy atom. The van der Waals surface area contributed by atoms with Crippen LogP contribution in [0, 0.1) is 5.92 Å². The number of nitrogen functional groups attached to an aromatic ring is 1. The fourth-order valence-electron chi connectivity index (χ4n) is 1.43. The van der Waals surface area contributed by atoms with Crippen LogP contribution in [0.1, 0.15) is 19.8 Å². The van der Waals surface area contributed by atoms with Crippen molar-refractivity contribution in [3.05, 3.63) is 6.33 Å². The van der Waals surface area contributed by atoms with Gasteiger partial charge in [-0.2, -0.15) is 0 Å². The topological polar surface area (TPSA) is 94.0 Å². The SMILES string of the molecule is CC(Sc1nncn1N)(C(=O)O)C1CC1. The molecule has 2 rings (SSSR count). The van der Waals surface area contributed by atoms with Gasteiger partial charge in [0.1, 0.15) is 11.1 Å². The third-order valence-electron chi connectivity index (χ3n) is 2.62. The monoisotopic (exact) mass is 228 g/mol. The summed E-state index contributed by atoms with van der Waals surface area (Å²) in [6.45, 7) is 1.71. The van der Waals surface area contributed by atoms with E-state index in [1.54, 1.807) is 6.92 Å². The average molecular weight is 228 g/mol. The van der Waals surface area contributed by atoms with Gasteiger partial charge in [0.05, 0.1) is 0 Å². The third-order valence-corrected chi connectivity index (χ3v) is 4.03. The van der Waals surface area contributed by atoms with Gasteiger partial charge in [0.15, 0.2) is 0 Å². The predicted octanol–water partition coefficient (Wildman–Crippen LogP) is 0.337. The Morgan fingerprint density at radius 2 is 2.47 bits per heavy atom. The van der Waals surface area contributed by atoms with E-state index in [1.165, 1.54) is 22.8 Å². The molecule has 7 heteroatoms. The zero-order valence-corrected chi connectivity index (χ0v) is 9.07. The van der Waals surface area contributed by atoms with Crippen molar-refractivity contribution in [3.63, 3.8) is 0 Å². The van der Waals surface area contributed by atoms with Gasteiger partial charge in [-0.15, -0.1) is 10.2 Å². The Bertz CT molecular complexity index is 390. The van der Waals surface area contributed by atoms with Crippen LogP contribution in [-0.2, 0) is 4.79 Å². The van der Waals surface area contributed by atoms with Crippen LogP contribution < -0.4 is 5.84 Å². The van der Waals surface area contributed by atoms with Crippen LogP contribution >= 0.6 is 11.8 Å². The number of aromatic nitrogens is 3. The van der Waals surface area contributed by atoms with Crippen LogP contribution in [0.25, 0.3) is 0 Å². The Kier molecular flexibility index (Phi) is 2.34. The number of aliphatic carboxylic acids is 1. The molecule has 1 aliphatic carbocycles. The molecule has 1 fully saturated rings. The van der Waals surface area contributed by atoms with Crippen LogP contribution in [0.2, 0.25) is 0 Å². The Labute approximate surface area is 90.8 Å². The number of carboxylic acids is 1. The smallest absolute Gasteiger partial charge is 0.320 e. The number of hydrogen-bond acceptors (Lipinski definition) is 5. The van der Waals surface area contributed by atoms with Crippen molar-refractivity contribution in [3.8, 4) is 0 Å². The highest BCUT2D eigenvalue weighted by molar-refractivity contribution is 8.01. The van der Waals surface area contributed by atoms with Crippen LogP contribution in [0.5, 0.6) is 0 Å². The second kappa shape index (κ2) is 3.41. The summed E-state index contributed by atoms with van der Waals surface area (Å²) in [7, 11) is 0. The fraction of sp³-hybridized carbons (Fsp3) is 0.625. The number of carboxylic acid groups (broad SMARTS) is 1. The third kappa shape index (κ3) is 1.79. The average Bonchev–Trinajstić information content (AvgIpc) is 2.94. The van der Waals surface area contributed by atoms with Crippen LogP contribution in [0.15, 0.2) is 11.5 Å². The normalized spacial score (nSPS) is 19.8. The maximum Gasteiger partial charge on any atom is 0.320 e. The molecule has 15 heavy (non-hydrogen) atoms. The van der Waals surface area contributed by atoms with Gasteiger partial charge >= 0.3 is 5.97 Å². The summed E-state index contributed by atoms with van der Waals surface area (Å²) in [6, 6.07) is 0. The minimum atomic E-state index is -0.843. The summed E-state index contributed by atoms with van der Waals surface area (Å²) in [4.78, 5) is 11.2. The predicted molar refractivity (Wildman–Crippen MR) is 54.8 cm³/mol. The molecule has 1 aromatic heterocycles. The molecule has 1 aromatic rings. The molecular formula is C8H12N4O2S. The first kappa shape index (κ1) is 10.3. The van der Waals surface area contributed by atoms with Gasteiger partial charge in [-0.3, -0.25) is 4.79 Å². The van der Waals surface area contributed by atoms with Crippen molar-refractivity contribution in [2.24, 2.45) is 5.92 Å². The van der Waals surface area contributed by atoms with E-state index in [-0.39, 0.29) is 5.92 Å². The van der Waals surface area contributed by atoms with Gasteiger partial charge < -0.3 is 10.9 Å². The Morgan fingerprint density at radius 3 is 2.87 bits per heavy atom. The minimum absolute atomic E-state index is 0.205. The van der Waals surface area contributed by atoms with Gasteiger partial charge in [0.2, 0.25) is 5.16 Å². The van der Waals surface area contributed by atoms with Crippen molar-refractivity contribution in [1.82, 2.24) is 14.9 Å². The minimum Gasteiger partial charge on any atom is -0.480 e. The van der Waals surface area contributed by atoms with E-state index >= 15 is 0 Å². The maximum atomic E-state index is 11.2. The lowest BCUT2D eigenvalue weighted by Crippen LogP contribution is -2.34. The molecule has 0 aliphatic heterocycles. The molecule has 0 aromatic carbocycles. The van der Waals surface area contributed by atoms with Crippen LogP contribution in [-0.4, -0.2) is 30.7 Å². The van der Waals surface area contributed by atoms with E-state index in [1.807, 2.05) is 0 Å². The van der Waals surface area contributed by atoms with Gasteiger partial charge in [-0.1, -0.05) is 11.8 Å². The first-order valence-corrected chi connectivity index (χ1v) is 5.43. The zero-order valence-electron chi connectivity index (χ0n) is 8.25. The number of rotatable bonds is 4. The molecule has 6 nitrogen and oxygen atoms in total. The largest absolute Gasteiger partial charge is 0.480 e. The molecule has 1 aliphatic rings. The van der Waals surface area contributed by atoms with Crippen molar-refractivity contribution < 1.29 is 9.90 Å². The van der Waals surface area contributed by atoms with Gasteiger partial charge in [-0.05, 0) is 25.7 Å². The van der Waals surface area contributed by atoms with E-state index in [4.69, 9.17) is 5.84 Å². The highest BCUT2D eigenvalue weighted by Crippen LogP contribution is 2.49. The first-order valence-electron chi connectivity index (χ1n) is 4.61. The van der Waals surface area contributed by atoms with Crippen molar-refractivity contribution >= 4 is 17.7 Å². The van der Waals surface area contributed by atoms with E-state index < -0.39 is 10.7 Å². The lowest BCUT2D eigenvalue weighted by atomic mass is 10.1. The number of carbonyl (C=O) groups is 1. The summed E-state index contributed by atoms with van der Waals surface area (Å²) in [5.74, 6) is 4.93. The van der Waals surface area contributed by atoms with E-state index in [0.29, 0.717) is 5.16 Å². The van der Waals surface area contributed by atoms with Crippen molar-refractivity contribution in [2.45, 2.75) is 29.7 Å². The van der Waals surface area contributed by atoms with Gasteiger partial charge in [-0.25, -0.2) is 4.68 Å². The van der Waals surface area contributed by atoms with E-state index in [2.05, 4.69) is 10.2 Å². The molecule has 3 N–H and O–H groups in total. The van der Waals surface area contributed by atoms with Crippen LogP contribution in [0.4, 0.5) is 0 Å². The molecule has 0 radical (unpaired) electrons. The highest BCUT2D eigenvalue weighted by atomic mass is 32.2. The summed E-state index contributed by atoms with van der Waals surface area (Å²) in [6.07, 6.45) is 3.26. The highest BCUT2D eigenvalue weighted by Gasteiger charge is 2.49. The second-order valence-corrected chi connectivity index (χ2v) is 5.23. The molecule has 1 saturated carbocycles. The number of nitrogens with two attached hydrogens (primary N) is 1. The molecule has 1 unspecified atom stereocenters. The summed E-state index contributed by atoms with van der Waals surface area (Å²) in [5.41, 5.74) is 0. The quantitative estimate of drug-likeness (QED) is 0.570. The maximum absolute atomic E-state index is 11.2. The molecule has 0 bridgehead atoms. The lowest BCUT2D eigenvalue weighted by Gasteiger charge is -2.22. The Balaban J connectivity index is 2.21. The standard InChI is InChI=1S/C8H12N4O2S/c1-8(6(13)14,5-2-3-5)15-7-11-10-4-12(7)9/h4-5H,2-3,9H2,1H3,(H,13,14). The van der Waals surface area contributed by atoms with E-state index in [0.717, 1.165) is 12.8 Å². The number of nitrogens with zero attached hydrogens (tertiary/aromatic N) is 3. The van der Waals surface area contributed by atoms with Crippen LogP contribution in [0.3, 0.4) is 0 Å². The molecule has 82 valence electrons. The number of thioether (sulfide) groups is 1. The van der Waals surface area contributed by atoms with Gasteiger partial charge in [0, 0.05) is 0 Å². The first-order chi connectivity index (χ1) is 7.04. The molecule has 0 amide bonds. The van der Waals surface area contributed by atoms with Crippen molar-refractivity contribution in [2.75, 3.05) is 5.84 Å². The Hall–Kier alpha value is -1.24. The van der Waals surface area contributed by atoms with E-state index in [9.17, 15) is 9.90 Å². The zero-order chi connectivity index (χ0) is 11.1. The molecular weight excluding hydrogens is 216 g/mol. The molecule has 0 spiro atoms. The molecule has 1 heterocycles. The lowest BCUT2D eigenvalue weighted by molar-refractivity contribution is -0.140. The summed E-state index contributed by atoms with van der Waals surface area (Å²) < 4.78 is 0.401. The van der Waals surface area contributed by atoms with Gasteiger partial charge in [0.25, 0.3) is 0 Å².